The lowest BCUT2D eigenvalue weighted by molar-refractivity contribution is -0.377. The molecular weight excluding hydrogens is 1090 g/mol. The van der Waals surface area contributed by atoms with Crippen molar-refractivity contribution in [2.45, 2.75) is 249 Å². The van der Waals surface area contributed by atoms with E-state index < -0.39 is 175 Å². The Bertz CT molecular complexity index is 2390. The van der Waals surface area contributed by atoms with Crippen molar-refractivity contribution in [2.24, 2.45) is 51.2 Å². The monoisotopic (exact) mass is 1180 g/mol. The van der Waals surface area contributed by atoms with Crippen LogP contribution in [0.1, 0.15) is 127 Å². The van der Waals surface area contributed by atoms with Gasteiger partial charge in [-0.15, -0.1) is 0 Å². The minimum Gasteiger partial charge on any atom is -0.462 e. The summed E-state index contributed by atoms with van der Waals surface area (Å²) in [5.41, 5.74) is -1.92. The van der Waals surface area contributed by atoms with Gasteiger partial charge in [0.25, 0.3) is 0 Å². The highest BCUT2D eigenvalue weighted by Crippen LogP contribution is 2.77. The van der Waals surface area contributed by atoms with E-state index in [0.717, 1.165) is 19.3 Å². The van der Waals surface area contributed by atoms with Crippen LogP contribution in [0.3, 0.4) is 0 Å². The average Bonchev–Trinajstić information content (AvgIpc) is 1.74. The van der Waals surface area contributed by atoms with Crippen molar-refractivity contribution in [3.8, 4) is 0 Å². The Kier molecular flexibility index (Phi) is 18.4. The van der Waals surface area contributed by atoms with Crippen molar-refractivity contribution in [1.82, 2.24) is 0 Å². The van der Waals surface area contributed by atoms with Crippen molar-refractivity contribution in [1.29, 1.82) is 0 Å². The van der Waals surface area contributed by atoms with Gasteiger partial charge in [0, 0.05) is 25.4 Å². The molecule has 0 aromatic heterocycles. The van der Waals surface area contributed by atoms with Crippen molar-refractivity contribution >= 4 is 22.3 Å². The fourth-order valence-electron chi connectivity index (χ4n) is 16.7. The highest BCUT2D eigenvalue weighted by atomic mass is 32.3. The van der Waals surface area contributed by atoms with Crippen molar-refractivity contribution in [3.63, 3.8) is 0 Å². The van der Waals surface area contributed by atoms with Crippen molar-refractivity contribution in [2.75, 3.05) is 26.9 Å². The predicted octanol–water partition coefficient (Wildman–Crippen LogP) is 1.98. The molecule has 464 valence electrons. The zero-order chi connectivity index (χ0) is 59.3. The average molecular weight is 1180 g/mol. The number of aliphatic hydroxyl groups excluding tert-OH is 7. The zero-order valence-electron chi connectivity index (χ0n) is 48.4. The summed E-state index contributed by atoms with van der Waals surface area (Å²) in [6, 6.07) is 0. The molecule has 9 aliphatic rings. The Morgan fingerprint density at radius 3 is 2.11 bits per heavy atom. The minimum absolute atomic E-state index is 0.0335. The van der Waals surface area contributed by atoms with E-state index in [1.165, 1.54) is 19.6 Å². The van der Waals surface area contributed by atoms with Crippen LogP contribution < -0.4 is 0 Å². The second-order valence-corrected chi connectivity index (χ2v) is 27.5. The lowest BCUT2D eigenvalue weighted by Crippen LogP contribution is -2.64. The number of aliphatic hydroxyl groups is 7. The smallest absolute Gasteiger partial charge is 0.397 e. The molecule has 0 aromatic rings. The van der Waals surface area contributed by atoms with E-state index >= 15 is 0 Å². The maximum atomic E-state index is 14.7. The van der Waals surface area contributed by atoms with Gasteiger partial charge in [-0.2, -0.15) is 8.42 Å². The third-order valence-electron chi connectivity index (χ3n) is 20.8. The lowest BCUT2D eigenvalue weighted by atomic mass is 9.41. The van der Waals surface area contributed by atoms with Gasteiger partial charge in [0.1, 0.15) is 78.8 Å². The normalized spacial score (nSPS) is 49.7. The van der Waals surface area contributed by atoms with Gasteiger partial charge in [-0.05, 0) is 93.8 Å². The van der Waals surface area contributed by atoms with Crippen LogP contribution in [0.15, 0.2) is 11.6 Å². The van der Waals surface area contributed by atoms with Crippen LogP contribution in [0.5, 0.6) is 0 Å². The van der Waals surface area contributed by atoms with Crippen LogP contribution >= 0.6 is 0 Å². The number of fused-ring (bicyclic) bond motifs is 4. The number of cyclic esters (lactones) is 1. The number of ether oxygens (including phenoxy) is 11. The van der Waals surface area contributed by atoms with E-state index in [0.29, 0.717) is 44.4 Å². The van der Waals surface area contributed by atoms with Gasteiger partial charge in [0.15, 0.2) is 25.2 Å². The molecule has 2 unspecified atom stereocenters. The number of allylic oxidation sites excluding steroid dienone is 2. The number of hydrogen-bond acceptors (Lipinski definition) is 23. The number of carbonyl (C=O) groups is 2. The molecule has 5 saturated heterocycles. The van der Waals surface area contributed by atoms with Crippen LogP contribution in [-0.4, -0.2) is 210 Å². The van der Waals surface area contributed by atoms with Gasteiger partial charge in [-0.3, -0.25) is 14.1 Å². The van der Waals surface area contributed by atoms with Gasteiger partial charge in [0.2, 0.25) is 0 Å². The Labute approximate surface area is 474 Å². The molecule has 24 nitrogen and oxygen atoms in total. The molecule has 3 saturated carbocycles. The molecule has 0 amide bonds. The standard InChI is InChI=1S/C56H90O24S/c1-25(2)13-12-18-55(10)46-32(73-28(5)58)21-54(9)30-14-15-35-52(6,7)36(17-19-53(35,8)29(30)16-20-56(46,54)51(65)79-55)75-50-45(39(62)34(24-71-50)80-81(66,67)68)78-47-26(3)37(60)42(27(4)72-47)76-48-40(63)43(31(59)23-70-48)77-49-41(64)44(69-11)38(61)33(22-57)74-49/h14,25-27,29,31-50,57,59-64H,12-13,15-24H2,1-11H3,(H,66,67,68)/t26-,27-,29?,31-,32-,33-,34-,35?,36+,37-,38-,39+,40-,41-,42-,43+,44+,45-,46-,47+,48+,49+,50+,53-,54+,55+,56-/m1/s1. The van der Waals surface area contributed by atoms with Gasteiger partial charge in [-0.25, -0.2) is 4.18 Å². The Morgan fingerprint density at radius 1 is 0.790 bits per heavy atom. The maximum Gasteiger partial charge on any atom is 0.397 e. The van der Waals surface area contributed by atoms with Crippen LogP contribution in [0.25, 0.3) is 0 Å². The number of rotatable bonds is 17. The number of carbonyl (C=O) groups excluding carboxylic acids is 2. The van der Waals surface area contributed by atoms with E-state index in [9.17, 15) is 58.3 Å². The maximum absolute atomic E-state index is 14.7. The number of methoxy groups -OCH3 is 1. The summed E-state index contributed by atoms with van der Waals surface area (Å²) in [7, 11) is -3.88. The van der Waals surface area contributed by atoms with E-state index in [1.807, 2.05) is 6.92 Å². The summed E-state index contributed by atoms with van der Waals surface area (Å²) >= 11 is 0. The predicted molar refractivity (Wildman–Crippen MR) is 279 cm³/mol. The van der Waals surface area contributed by atoms with Crippen LogP contribution in [-0.2, 0) is 76.3 Å². The molecule has 5 aliphatic heterocycles. The van der Waals surface area contributed by atoms with E-state index in [4.69, 9.17) is 56.3 Å². The lowest BCUT2D eigenvalue weighted by Gasteiger charge is -2.64. The Hall–Kier alpha value is -2.09. The SMILES string of the molecule is CO[C@@H]1[C@@H](O)[C@H](O[C@@H]2[C@@H](O)[C@H](O[C@H]3[C@H](O)[C@@H](C)[C@H](O[C@H]4[C@H](O[C@H]5CC[C@]6(C)C7CC[C@]89C(=O)O[C@@](C)(CCCC(C)C)[C@H]8[C@H](OC(C)=O)C[C@@]9(C)C7=CCC6C5(C)C)OC[C@@H](OS(=O)(=O)O)[C@@H]4O)O[C@@H]3C)OC[C@H]2O)O[C@H](CO)[C@H]1O. The summed E-state index contributed by atoms with van der Waals surface area (Å²) < 4.78 is 106. The quantitative estimate of drug-likeness (QED) is 0.0586. The molecule has 0 bridgehead atoms. The molecular formula is C56H90O24S. The van der Waals surface area contributed by atoms with E-state index in [1.54, 1.807) is 13.8 Å². The largest absolute Gasteiger partial charge is 0.462 e. The first-order chi connectivity index (χ1) is 37.9. The summed E-state index contributed by atoms with van der Waals surface area (Å²) in [5.74, 6) is -1.27. The first-order valence-corrected chi connectivity index (χ1v) is 30.4. The second-order valence-electron chi connectivity index (χ2n) is 26.4. The Morgan fingerprint density at radius 2 is 1.46 bits per heavy atom. The highest BCUT2D eigenvalue weighted by molar-refractivity contribution is 7.80. The molecule has 9 rings (SSSR count). The molecule has 0 aromatic carbocycles. The molecule has 8 N–H and O–H groups in total. The summed E-state index contributed by atoms with van der Waals surface area (Å²) in [6.45, 7) is 18.1. The summed E-state index contributed by atoms with van der Waals surface area (Å²) in [6.07, 6.45) is -17.2. The number of hydrogen-bond donors (Lipinski definition) is 8. The van der Waals surface area contributed by atoms with Crippen LogP contribution in [0.4, 0.5) is 0 Å². The molecule has 0 radical (unpaired) electrons. The number of esters is 2. The van der Waals surface area contributed by atoms with Crippen molar-refractivity contribution in [3.05, 3.63) is 11.6 Å². The van der Waals surface area contributed by atoms with Gasteiger partial charge < -0.3 is 87.9 Å². The van der Waals surface area contributed by atoms with Gasteiger partial charge >= 0.3 is 22.3 Å². The fourth-order valence-corrected chi connectivity index (χ4v) is 17.2. The molecule has 5 heterocycles. The van der Waals surface area contributed by atoms with Gasteiger partial charge in [-0.1, -0.05) is 66.5 Å². The topological polar surface area (TPSA) is 341 Å². The fraction of sp³-hybridized carbons (Fsp3) is 0.929. The summed E-state index contributed by atoms with van der Waals surface area (Å²) in [5, 5.41) is 77.3. The first-order valence-electron chi connectivity index (χ1n) is 29.0. The molecule has 4 aliphatic carbocycles. The van der Waals surface area contributed by atoms with E-state index in [-0.39, 0.29) is 35.1 Å². The van der Waals surface area contributed by atoms with E-state index in [2.05, 4.69) is 47.6 Å². The summed E-state index contributed by atoms with van der Waals surface area (Å²) in [4.78, 5) is 27.5. The minimum atomic E-state index is -5.11. The highest BCUT2D eigenvalue weighted by Gasteiger charge is 2.79. The van der Waals surface area contributed by atoms with Crippen LogP contribution in [0.2, 0.25) is 0 Å². The van der Waals surface area contributed by atoms with Crippen LogP contribution in [0, 0.1) is 51.2 Å². The second kappa shape index (κ2) is 23.5. The molecule has 1 spiro atoms. The third kappa shape index (κ3) is 11.2. The molecule has 27 atom stereocenters. The molecule has 8 fully saturated rings. The Balaban J connectivity index is 0.906. The van der Waals surface area contributed by atoms with Gasteiger partial charge in [0.05, 0.1) is 49.5 Å². The molecule has 81 heavy (non-hydrogen) atoms. The zero-order valence-corrected chi connectivity index (χ0v) is 49.3. The van der Waals surface area contributed by atoms with Crippen molar-refractivity contribution < 1.29 is 115 Å². The first kappa shape index (κ1) is 63.4. The third-order valence-corrected chi connectivity index (χ3v) is 21.2. The molecule has 25 heteroatoms.